The molecule has 1 aromatic rings. The van der Waals surface area contributed by atoms with E-state index in [4.69, 9.17) is 0 Å². The lowest BCUT2D eigenvalue weighted by Crippen LogP contribution is -2.23. The molecule has 0 saturated heterocycles. The van der Waals surface area contributed by atoms with Crippen molar-refractivity contribution >= 4 is 11.7 Å². The van der Waals surface area contributed by atoms with E-state index in [1.165, 1.54) is 7.11 Å². The number of ether oxygens (including phenoxy) is 1. The van der Waals surface area contributed by atoms with E-state index in [1.807, 2.05) is 0 Å². The highest BCUT2D eigenvalue weighted by atomic mass is 19.2. The Balaban J connectivity index is 2.93. The zero-order chi connectivity index (χ0) is 15.4. The summed E-state index contributed by atoms with van der Waals surface area (Å²) in [5, 5.41) is 0. The zero-order valence-corrected chi connectivity index (χ0v) is 10.8. The molecule has 0 unspecified atom stereocenters. The molecule has 0 spiro atoms. The summed E-state index contributed by atoms with van der Waals surface area (Å²) in [5.74, 6) is -10.5. The van der Waals surface area contributed by atoms with Crippen LogP contribution < -0.4 is 4.90 Å². The molecule has 0 aliphatic heterocycles. The second-order valence-corrected chi connectivity index (χ2v) is 4.02. The molecular formula is C12H12F5NO2. The number of halogens is 5. The van der Waals surface area contributed by atoms with Crippen LogP contribution in [0.3, 0.4) is 0 Å². The first-order chi connectivity index (χ1) is 9.31. The van der Waals surface area contributed by atoms with Crippen LogP contribution in [0.15, 0.2) is 0 Å². The standard InChI is InChI=1S/C12H12F5NO2/c1-18(5-3-4-6(19)20-2)12-10(16)8(14)7(13)9(15)11(12)17/h3-5H2,1-2H3. The second-order valence-electron chi connectivity index (χ2n) is 4.02. The van der Waals surface area contributed by atoms with Gasteiger partial charge in [0.1, 0.15) is 5.69 Å². The average Bonchev–Trinajstić information content (AvgIpc) is 2.43. The third-order valence-corrected chi connectivity index (χ3v) is 2.67. The van der Waals surface area contributed by atoms with Crippen molar-refractivity contribution in [1.29, 1.82) is 0 Å². The van der Waals surface area contributed by atoms with E-state index in [0.29, 0.717) is 0 Å². The number of nitrogens with zero attached hydrogens (tertiary/aromatic N) is 1. The Kier molecular flexibility index (Phi) is 5.29. The summed E-state index contributed by atoms with van der Waals surface area (Å²) in [6.07, 6.45) is 0.110. The topological polar surface area (TPSA) is 29.5 Å². The van der Waals surface area contributed by atoms with Crippen LogP contribution in [-0.2, 0) is 9.53 Å². The molecule has 8 heteroatoms. The SMILES string of the molecule is COC(=O)CCCN(C)c1c(F)c(F)c(F)c(F)c1F. The van der Waals surface area contributed by atoms with E-state index < -0.39 is 40.7 Å². The number of esters is 1. The van der Waals surface area contributed by atoms with Gasteiger partial charge in [-0.3, -0.25) is 4.79 Å². The van der Waals surface area contributed by atoms with Gasteiger partial charge in [0.25, 0.3) is 0 Å². The van der Waals surface area contributed by atoms with Crippen LogP contribution >= 0.6 is 0 Å². The molecule has 20 heavy (non-hydrogen) atoms. The highest BCUT2D eigenvalue weighted by Gasteiger charge is 2.27. The number of methoxy groups -OCH3 is 1. The van der Waals surface area contributed by atoms with E-state index >= 15 is 0 Å². The number of benzene rings is 1. The van der Waals surface area contributed by atoms with Crippen molar-refractivity contribution in [2.75, 3.05) is 25.6 Å². The molecule has 0 amide bonds. The quantitative estimate of drug-likeness (QED) is 0.362. The lowest BCUT2D eigenvalue weighted by Gasteiger charge is -2.21. The molecule has 0 atom stereocenters. The molecule has 0 N–H and O–H groups in total. The molecule has 0 aliphatic rings. The van der Waals surface area contributed by atoms with Crippen molar-refractivity contribution in [3.8, 4) is 0 Å². The lowest BCUT2D eigenvalue weighted by molar-refractivity contribution is -0.140. The van der Waals surface area contributed by atoms with Gasteiger partial charge in [-0.25, -0.2) is 22.0 Å². The van der Waals surface area contributed by atoms with Crippen molar-refractivity contribution in [3.05, 3.63) is 29.1 Å². The Bertz CT molecular complexity index is 492. The average molecular weight is 297 g/mol. The summed E-state index contributed by atoms with van der Waals surface area (Å²) < 4.78 is 70.1. The first-order valence-electron chi connectivity index (χ1n) is 5.60. The van der Waals surface area contributed by atoms with E-state index in [1.54, 1.807) is 0 Å². The molecule has 112 valence electrons. The summed E-state index contributed by atoms with van der Waals surface area (Å²) in [6.45, 7) is -0.0759. The minimum atomic E-state index is -2.20. The second kappa shape index (κ2) is 6.53. The molecule has 1 aromatic carbocycles. The molecular weight excluding hydrogens is 285 g/mol. The lowest BCUT2D eigenvalue weighted by atomic mass is 10.2. The van der Waals surface area contributed by atoms with E-state index in [2.05, 4.69) is 4.74 Å². The molecule has 1 rings (SSSR count). The first-order valence-corrected chi connectivity index (χ1v) is 5.60. The summed E-state index contributed by atoms with van der Waals surface area (Å²) in [5.41, 5.74) is -1.02. The van der Waals surface area contributed by atoms with Gasteiger partial charge < -0.3 is 9.64 Å². The Labute approximate surface area is 111 Å². The summed E-state index contributed by atoms with van der Waals surface area (Å²) in [6, 6.07) is 0. The monoisotopic (exact) mass is 297 g/mol. The highest BCUT2D eigenvalue weighted by Crippen LogP contribution is 2.29. The van der Waals surface area contributed by atoms with E-state index in [9.17, 15) is 26.7 Å². The molecule has 0 aliphatic carbocycles. The summed E-state index contributed by atoms with van der Waals surface area (Å²) >= 11 is 0. The normalized spacial score (nSPS) is 10.6. The number of carbonyl (C=O) groups is 1. The number of hydrogen-bond donors (Lipinski definition) is 0. The van der Waals surface area contributed by atoms with Crippen molar-refractivity contribution in [1.82, 2.24) is 0 Å². The smallest absolute Gasteiger partial charge is 0.305 e. The van der Waals surface area contributed by atoms with Crippen LogP contribution in [0.1, 0.15) is 12.8 Å². The number of carbonyl (C=O) groups excluding carboxylic acids is 1. The van der Waals surface area contributed by atoms with Crippen LogP contribution in [0.5, 0.6) is 0 Å². The number of rotatable bonds is 5. The van der Waals surface area contributed by atoms with Crippen molar-refractivity contribution < 1.29 is 31.5 Å². The Hall–Kier alpha value is -1.86. The van der Waals surface area contributed by atoms with E-state index in [0.717, 1.165) is 11.9 Å². The number of anilines is 1. The van der Waals surface area contributed by atoms with Gasteiger partial charge in [-0.2, -0.15) is 0 Å². The maximum atomic E-state index is 13.5. The molecule has 0 fully saturated rings. The van der Waals surface area contributed by atoms with Gasteiger partial charge in [0.15, 0.2) is 23.3 Å². The fourth-order valence-corrected chi connectivity index (χ4v) is 1.60. The van der Waals surface area contributed by atoms with Crippen LogP contribution in [0.2, 0.25) is 0 Å². The third kappa shape index (κ3) is 3.17. The highest BCUT2D eigenvalue weighted by molar-refractivity contribution is 5.69. The van der Waals surface area contributed by atoms with Gasteiger partial charge in [-0.15, -0.1) is 0 Å². The van der Waals surface area contributed by atoms with Gasteiger partial charge in [0.05, 0.1) is 7.11 Å². The Morgan fingerprint density at radius 1 is 1.00 bits per heavy atom. The van der Waals surface area contributed by atoms with Crippen LogP contribution in [0.4, 0.5) is 27.6 Å². The fraction of sp³-hybridized carbons (Fsp3) is 0.417. The Morgan fingerprint density at radius 3 is 1.90 bits per heavy atom. The predicted octanol–water partition coefficient (Wildman–Crippen LogP) is 2.77. The minimum absolute atomic E-state index is 0.0315. The fourth-order valence-electron chi connectivity index (χ4n) is 1.60. The van der Waals surface area contributed by atoms with Crippen molar-refractivity contribution in [2.24, 2.45) is 0 Å². The number of hydrogen-bond acceptors (Lipinski definition) is 3. The molecule has 0 heterocycles. The van der Waals surface area contributed by atoms with Gasteiger partial charge >= 0.3 is 5.97 Å². The molecule has 0 saturated carbocycles. The maximum Gasteiger partial charge on any atom is 0.305 e. The first kappa shape index (κ1) is 16.2. The van der Waals surface area contributed by atoms with Crippen LogP contribution in [0.25, 0.3) is 0 Å². The van der Waals surface area contributed by atoms with Crippen molar-refractivity contribution in [2.45, 2.75) is 12.8 Å². The zero-order valence-electron chi connectivity index (χ0n) is 10.8. The van der Waals surface area contributed by atoms with E-state index in [-0.39, 0.29) is 19.4 Å². The predicted molar refractivity (Wildman–Crippen MR) is 60.8 cm³/mol. The van der Waals surface area contributed by atoms with Gasteiger partial charge in [0.2, 0.25) is 5.82 Å². The Morgan fingerprint density at radius 2 is 1.45 bits per heavy atom. The van der Waals surface area contributed by atoms with Crippen LogP contribution in [-0.4, -0.2) is 26.7 Å². The molecule has 3 nitrogen and oxygen atoms in total. The third-order valence-electron chi connectivity index (χ3n) is 2.67. The maximum absolute atomic E-state index is 13.5. The summed E-state index contributed by atoms with van der Waals surface area (Å²) in [4.78, 5) is 11.7. The van der Waals surface area contributed by atoms with Crippen molar-refractivity contribution in [3.63, 3.8) is 0 Å². The molecule has 0 aromatic heterocycles. The molecule has 0 radical (unpaired) electrons. The van der Waals surface area contributed by atoms with Gasteiger partial charge in [0, 0.05) is 20.0 Å². The molecule has 0 bridgehead atoms. The van der Waals surface area contributed by atoms with Crippen LogP contribution in [0, 0.1) is 29.1 Å². The minimum Gasteiger partial charge on any atom is -0.469 e. The largest absolute Gasteiger partial charge is 0.469 e. The summed E-state index contributed by atoms with van der Waals surface area (Å²) in [7, 11) is 2.34. The van der Waals surface area contributed by atoms with Gasteiger partial charge in [-0.05, 0) is 6.42 Å². The van der Waals surface area contributed by atoms with Gasteiger partial charge in [-0.1, -0.05) is 0 Å².